The first-order chi connectivity index (χ1) is 9.57. The number of nitrogens with one attached hydrogen (secondary N) is 1. The fourth-order valence-electron chi connectivity index (χ4n) is 3.12. The average Bonchev–Trinajstić information content (AvgIpc) is 2.48. The van der Waals surface area contributed by atoms with Crippen LogP contribution < -0.4 is 5.32 Å². The molecule has 0 aromatic carbocycles. The Morgan fingerprint density at radius 3 is 2.60 bits per heavy atom. The van der Waals surface area contributed by atoms with Crippen molar-refractivity contribution in [2.75, 3.05) is 40.4 Å². The molecule has 1 unspecified atom stereocenters. The second-order valence-corrected chi connectivity index (χ2v) is 7.63. The Hall–Kier alpha value is -0.210. The van der Waals surface area contributed by atoms with Crippen molar-refractivity contribution in [3.05, 3.63) is 0 Å². The standard InChI is InChI=1S/C13H27N3O3S/c1-14-11-13-5-3-4-8-16(13)20(17,18)15(2)12-6-9-19-10-7-12/h12-14H,3-11H2,1-2H3. The summed E-state index contributed by atoms with van der Waals surface area (Å²) < 4.78 is 34.3. The number of hydrogen-bond acceptors (Lipinski definition) is 4. The molecule has 7 heteroatoms. The van der Waals surface area contributed by atoms with E-state index in [9.17, 15) is 8.42 Å². The molecule has 1 atom stereocenters. The first-order valence-electron chi connectivity index (χ1n) is 7.54. The molecule has 6 nitrogen and oxygen atoms in total. The zero-order chi connectivity index (χ0) is 14.6. The van der Waals surface area contributed by atoms with Crippen molar-refractivity contribution in [2.45, 2.75) is 44.2 Å². The predicted molar refractivity (Wildman–Crippen MR) is 78.8 cm³/mol. The second-order valence-electron chi connectivity index (χ2n) is 5.69. The van der Waals surface area contributed by atoms with Crippen molar-refractivity contribution in [3.8, 4) is 0 Å². The van der Waals surface area contributed by atoms with Gasteiger partial charge in [-0.25, -0.2) is 0 Å². The highest BCUT2D eigenvalue weighted by Crippen LogP contribution is 2.25. The molecule has 20 heavy (non-hydrogen) atoms. The van der Waals surface area contributed by atoms with Crippen LogP contribution in [0.4, 0.5) is 0 Å². The summed E-state index contributed by atoms with van der Waals surface area (Å²) in [5.41, 5.74) is 0. The second kappa shape index (κ2) is 7.17. The first-order valence-corrected chi connectivity index (χ1v) is 8.94. The molecule has 0 bridgehead atoms. The first kappa shape index (κ1) is 16.2. The number of rotatable bonds is 5. The number of nitrogens with zero attached hydrogens (tertiary/aromatic N) is 2. The van der Waals surface area contributed by atoms with Crippen LogP contribution in [0.1, 0.15) is 32.1 Å². The van der Waals surface area contributed by atoms with Crippen LogP contribution in [0.2, 0.25) is 0 Å². The molecule has 2 heterocycles. The summed E-state index contributed by atoms with van der Waals surface area (Å²) in [4.78, 5) is 0. The smallest absolute Gasteiger partial charge is 0.282 e. The van der Waals surface area contributed by atoms with Crippen molar-refractivity contribution < 1.29 is 13.2 Å². The SMILES string of the molecule is CNCC1CCCCN1S(=O)(=O)N(C)C1CCOCC1. The molecular weight excluding hydrogens is 278 g/mol. The van der Waals surface area contributed by atoms with E-state index in [1.807, 2.05) is 7.05 Å². The molecule has 2 aliphatic heterocycles. The normalized spacial score (nSPS) is 27.1. The molecule has 118 valence electrons. The third-order valence-corrected chi connectivity index (χ3v) is 6.48. The maximum atomic E-state index is 12.9. The fraction of sp³-hybridized carbons (Fsp3) is 1.00. The maximum absolute atomic E-state index is 12.9. The van der Waals surface area contributed by atoms with Crippen LogP contribution >= 0.6 is 0 Å². The van der Waals surface area contributed by atoms with Crippen LogP contribution in [-0.4, -0.2) is 69.5 Å². The van der Waals surface area contributed by atoms with Crippen LogP contribution in [0, 0.1) is 0 Å². The Labute approximate surface area is 122 Å². The lowest BCUT2D eigenvalue weighted by molar-refractivity contribution is 0.0609. The highest BCUT2D eigenvalue weighted by Gasteiger charge is 2.37. The molecule has 2 saturated heterocycles. The molecule has 0 aromatic heterocycles. The Morgan fingerprint density at radius 1 is 1.25 bits per heavy atom. The number of ether oxygens (including phenoxy) is 1. The molecule has 1 N–H and O–H groups in total. The third kappa shape index (κ3) is 3.51. The quantitative estimate of drug-likeness (QED) is 0.799. The highest BCUT2D eigenvalue weighted by atomic mass is 32.2. The number of likely N-dealkylation sites (N-methyl/N-ethyl adjacent to an activating group) is 1. The number of hydrogen-bond donors (Lipinski definition) is 1. The van der Waals surface area contributed by atoms with Gasteiger partial charge in [0.2, 0.25) is 0 Å². The van der Waals surface area contributed by atoms with Crippen molar-refractivity contribution in [2.24, 2.45) is 0 Å². The van der Waals surface area contributed by atoms with Gasteiger partial charge >= 0.3 is 0 Å². The lowest BCUT2D eigenvalue weighted by Gasteiger charge is -2.39. The minimum absolute atomic E-state index is 0.0749. The summed E-state index contributed by atoms with van der Waals surface area (Å²) in [5, 5.41) is 3.11. The molecule has 2 fully saturated rings. The predicted octanol–water partition coefficient (Wildman–Crippen LogP) is 0.416. The molecule has 2 aliphatic rings. The Kier molecular flexibility index (Phi) is 5.80. The monoisotopic (exact) mass is 305 g/mol. The summed E-state index contributed by atoms with van der Waals surface area (Å²) in [6.45, 7) is 2.68. The van der Waals surface area contributed by atoms with Gasteiger partial charge in [0, 0.05) is 45.4 Å². The molecule has 0 spiro atoms. The third-order valence-electron chi connectivity index (χ3n) is 4.38. The van der Waals surface area contributed by atoms with Crippen molar-refractivity contribution in [3.63, 3.8) is 0 Å². The molecule has 0 saturated carbocycles. The Balaban J connectivity index is 2.09. The van der Waals surface area contributed by atoms with E-state index in [0.717, 1.165) is 38.6 Å². The minimum Gasteiger partial charge on any atom is -0.381 e. The van der Waals surface area contributed by atoms with Gasteiger partial charge in [-0.05, 0) is 32.7 Å². The lowest BCUT2D eigenvalue weighted by Crippen LogP contribution is -2.55. The van der Waals surface area contributed by atoms with Gasteiger partial charge in [0.15, 0.2) is 0 Å². The van der Waals surface area contributed by atoms with Crippen LogP contribution in [0.5, 0.6) is 0 Å². The van der Waals surface area contributed by atoms with Gasteiger partial charge in [-0.2, -0.15) is 17.0 Å². The molecular formula is C13H27N3O3S. The van der Waals surface area contributed by atoms with E-state index >= 15 is 0 Å². The topological polar surface area (TPSA) is 61.9 Å². The van der Waals surface area contributed by atoms with E-state index in [4.69, 9.17) is 4.74 Å². The molecule has 0 radical (unpaired) electrons. The Bertz CT molecular complexity index is 394. The van der Waals surface area contributed by atoms with Crippen molar-refractivity contribution >= 4 is 10.2 Å². The van der Waals surface area contributed by atoms with E-state index in [-0.39, 0.29) is 12.1 Å². The summed E-state index contributed by atoms with van der Waals surface area (Å²) in [7, 11) is 0.233. The van der Waals surface area contributed by atoms with E-state index in [1.165, 1.54) is 0 Å². The summed E-state index contributed by atoms with van der Waals surface area (Å²) >= 11 is 0. The average molecular weight is 305 g/mol. The van der Waals surface area contributed by atoms with E-state index in [2.05, 4.69) is 5.32 Å². The Morgan fingerprint density at radius 2 is 1.95 bits per heavy atom. The number of piperidine rings is 1. The van der Waals surface area contributed by atoms with E-state index in [0.29, 0.717) is 19.8 Å². The van der Waals surface area contributed by atoms with Crippen LogP contribution in [-0.2, 0) is 14.9 Å². The van der Waals surface area contributed by atoms with Crippen LogP contribution in [0.15, 0.2) is 0 Å². The van der Waals surface area contributed by atoms with E-state index in [1.54, 1.807) is 15.7 Å². The van der Waals surface area contributed by atoms with Crippen molar-refractivity contribution in [1.29, 1.82) is 0 Å². The maximum Gasteiger partial charge on any atom is 0.282 e. The summed E-state index contributed by atoms with van der Waals surface area (Å²) in [5.74, 6) is 0. The molecule has 0 aromatic rings. The van der Waals surface area contributed by atoms with Gasteiger partial charge in [-0.3, -0.25) is 0 Å². The van der Waals surface area contributed by atoms with Gasteiger partial charge in [-0.1, -0.05) is 6.42 Å². The van der Waals surface area contributed by atoms with Crippen LogP contribution in [0.25, 0.3) is 0 Å². The van der Waals surface area contributed by atoms with Crippen molar-refractivity contribution in [1.82, 2.24) is 13.9 Å². The fourth-order valence-corrected chi connectivity index (χ4v) is 4.95. The van der Waals surface area contributed by atoms with Gasteiger partial charge in [0.25, 0.3) is 10.2 Å². The van der Waals surface area contributed by atoms with E-state index < -0.39 is 10.2 Å². The lowest BCUT2D eigenvalue weighted by atomic mass is 10.1. The van der Waals surface area contributed by atoms with Gasteiger partial charge in [0.05, 0.1) is 0 Å². The molecule has 2 rings (SSSR count). The van der Waals surface area contributed by atoms with Gasteiger partial charge in [0.1, 0.15) is 0 Å². The zero-order valence-corrected chi connectivity index (χ0v) is 13.4. The minimum atomic E-state index is -3.36. The zero-order valence-electron chi connectivity index (χ0n) is 12.5. The van der Waals surface area contributed by atoms with Crippen LogP contribution in [0.3, 0.4) is 0 Å². The molecule has 0 aliphatic carbocycles. The van der Waals surface area contributed by atoms with Gasteiger partial charge < -0.3 is 10.1 Å². The molecule has 0 amide bonds. The summed E-state index contributed by atoms with van der Waals surface area (Å²) in [6.07, 6.45) is 4.60. The highest BCUT2D eigenvalue weighted by molar-refractivity contribution is 7.86. The largest absolute Gasteiger partial charge is 0.381 e. The van der Waals surface area contributed by atoms with Gasteiger partial charge in [-0.15, -0.1) is 0 Å². The summed E-state index contributed by atoms with van der Waals surface area (Å²) in [6, 6.07) is 0.159.